The van der Waals surface area contributed by atoms with Crippen LogP contribution in [0.5, 0.6) is 0 Å². The molecule has 1 fully saturated rings. The number of aromatic nitrogens is 2. The third kappa shape index (κ3) is 6.93. The summed E-state index contributed by atoms with van der Waals surface area (Å²) in [6.07, 6.45) is -0.177. The van der Waals surface area contributed by atoms with Crippen molar-refractivity contribution in [2.75, 3.05) is 25.6 Å². The van der Waals surface area contributed by atoms with E-state index in [2.05, 4.69) is 59.0 Å². The van der Waals surface area contributed by atoms with E-state index < -0.39 is 39.2 Å². The molecule has 1 aromatic carbocycles. The number of hydrogen-bond donors (Lipinski definition) is 3. The summed E-state index contributed by atoms with van der Waals surface area (Å²) in [7, 11) is -0.0584. The fraction of sp³-hybridized carbons (Fsp3) is 0.556. The summed E-state index contributed by atoms with van der Waals surface area (Å²) in [6, 6.07) is 11.2. The van der Waals surface area contributed by atoms with E-state index in [0.29, 0.717) is 17.1 Å². The number of hydrogen-bond acceptors (Lipinski definition) is 11. The fourth-order valence-electron chi connectivity index (χ4n) is 4.92. The number of imidazole rings is 1. The lowest BCUT2D eigenvalue weighted by Crippen LogP contribution is -2.40. The number of rotatable bonds is 13. The first-order chi connectivity index (χ1) is 19.8. The largest absolute Gasteiger partial charge is 0.394 e. The first-order valence-electron chi connectivity index (χ1n) is 13.6. The molecule has 1 aromatic heterocycles. The Morgan fingerprint density at radius 1 is 1.27 bits per heavy atom. The SMILES string of the molecule is CO[C@@H]1[C@H](OP(OCCC#N)N(C(C)C)C(C)C)[C@@H](CO)O[C@H]1n1cnc2c1NC=NC2NC(=O)c1ccccc1. The van der Waals surface area contributed by atoms with E-state index >= 15 is 0 Å². The summed E-state index contributed by atoms with van der Waals surface area (Å²) in [6.45, 7) is 8.11. The Bertz CT molecular complexity index is 1210. The highest BCUT2D eigenvalue weighted by Crippen LogP contribution is 2.50. The number of carbonyl (C=O) groups excluding carboxylic acids is 1. The van der Waals surface area contributed by atoms with Gasteiger partial charge in [0.05, 0.1) is 38.4 Å². The van der Waals surface area contributed by atoms with Gasteiger partial charge in [0.15, 0.2) is 12.4 Å². The van der Waals surface area contributed by atoms with Gasteiger partial charge < -0.3 is 34.3 Å². The van der Waals surface area contributed by atoms with Gasteiger partial charge >= 0.3 is 0 Å². The van der Waals surface area contributed by atoms with Crippen molar-refractivity contribution in [3.8, 4) is 6.07 Å². The van der Waals surface area contributed by atoms with Crippen LogP contribution in [0, 0.1) is 11.3 Å². The molecule has 3 heterocycles. The van der Waals surface area contributed by atoms with Gasteiger partial charge in [-0.2, -0.15) is 5.26 Å². The number of carbonyl (C=O) groups is 1. The predicted molar refractivity (Wildman–Crippen MR) is 153 cm³/mol. The van der Waals surface area contributed by atoms with E-state index in [0.717, 1.165) is 0 Å². The third-order valence-electron chi connectivity index (χ3n) is 6.70. The highest BCUT2D eigenvalue weighted by atomic mass is 31.2. The number of anilines is 1. The molecule has 4 rings (SSSR count). The van der Waals surface area contributed by atoms with E-state index in [1.54, 1.807) is 42.3 Å². The van der Waals surface area contributed by atoms with Crippen LogP contribution in [0.3, 0.4) is 0 Å². The zero-order valence-corrected chi connectivity index (χ0v) is 24.8. The van der Waals surface area contributed by atoms with Gasteiger partial charge in [-0.1, -0.05) is 18.2 Å². The summed E-state index contributed by atoms with van der Waals surface area (Å²) >= 11 is 0. The molecule has 6 atom stereocenters. The fourth-order valence-corrected chi connectivity index (χ4v) is 6.69. The molecule has 3 N–H and O–H groups in total. The number of nitrogens with one attached hydrogen (secondary N) is 2. The Hall–Kier alpha value is -2.95. The Morgan fingerprint density at radius 3 is 2.63 bits per heavy atom. The van der Waals surface area contributed by atoms with Crippen LogP contribution in [0.25, 0.3) is 0 Å². The van der Waals surface area contributed by atoms with Crippen molar-refractivity contribution >= 4 is 26.6 Å². The van der Waals surface area contributed by atoms with Crippen molar-refractivity contribution in [3.05, 3.63) is 47.9 Å². The lowest BCUT2D eigenvalue weighted by molar-refractivity contribution is -0.0591. The maximum absolute atomic E-state index is 12.8. The molecule has 222 valence electrons. The van der Waals surface area contributed by atoms with Crippen molar-refractivity contribution in [1.29, 1.82) is 5.26 Å². The molecule has 0 bridgehead atoms. The molecule has 2 aliphatic rings. The van der Waals surface area contributed by atoms with Gasteiger partial charge in [0, 0.05) is 24.8 Å². The molecule has 41 heavy (non-hydrogen) atoms. The number of aliphatic imine (C=N–C) groups is 1. The molecule has 0 saturated carbocycles. The standard InChI is InChI=1S/C27H38N7O6P/c1-17(2)34(18(3)4)41(38-13-9-12-28)40-22-20(14-35)39-27(23(22)37-5)33-16-31-21-24(29-15-30-25(21)33)32-26(36)19-10-7-6-8-11-19/h6-8,10-11,15-18,20,22-24,27,35H,9,13-14H2,1-5H3,(H,29,30)(H,32,36)/t20-,22-,23-,24?,27-,41?/m1/s1. The van der Waals surface area contributed by atoms with Crippen molar-refractivity contribution in [1.82, 2.24) is 19.5 Å². The molecule has 1 saturated heterocycles. The molecule has 0 aliphatic carbocycles. The van der Waals surface area contributed by atoms with Crippen LogP contribution in [0.15, 0.2) is 41.7 Å². The van der Waals surface area contributed by atoms with Crippen LogP contribution >= 0.6 is 8.53 Å². The second-order valence-electron chi connectivity index (χ2n) is 10.1. The minimum Gasteiger partial charge on any atom is -0.394 e. The first-order valence-corrected chi connectivity index (χ1v) is 14.7. The van der Waals surface area contributed by atoms with Crippen LogP contribution in [0.2, 0.25) is 0 Å². The average molecular weight is 588 g/mol. The first kappa shape index (κ1) is 31.0. The van der Waals surface area contributed by atoms with Gasteiger partial charge in [-0.15, -0.1) is 0 Å². The molecule has 13 nitrogen and oxygen atoms in total. The number of amides is 1. The normalized spacial score (nSPS) is 24.3. The Labute approximate surface area is 241 Å². The molecule has 2 unspecified atom stereocenters. The Balaban J connectivity index is 1.58. The zero-order chi connectivity index (χ0) is 29.5. The van der Waals surface area contributed by atoms with Crippen LogP contribution in [0.1, 0.15) is 62.6 Å². The quantitative estimate of drug-likeness (QED) is 0.235. The summed E-state index contributed by atoms with van der Waals surface area (Å²) in [5, 5.41) is 25.3. The molecule has 0 radical (unpaired) electrons. The molecular weight excluding hydrogens is 549 g/mol. The number of methoxy groups -OCH3 is 1. The van der Waals surface area contributed by atoms with Crippen molar-refractivity contribution in [2.24, 2.45) is 4.99 Å². The summed E-state index contributed by atoms with van der Waals surface area (Å²) < 4.78 is 28.7. The number of aliphatic hydroxyl groups is 1. The maximum atomic E-state index is 12.8. The van der Waals surface area contributed by atoms with Crippen LogP contribution in [0.4, 0.5) is 5.82 Å². The van der Waals surface area contributed by atoms with E-state index in [-0.39, 0.29) is 37.6 Å². The van der Waals surface area contributed by atoms with E-state index in [4.69, 9.17) is 23.8 Å². The maximum Gasteiger partial charge on any atom is 0.259 e. The minimum atomic E-state index is -1.61. The highest BCUT2D eigenvalue weighted by molar-refractivity contribution is 7.44. The molecular formula is C27H38N7O6P. The predicted octanol–water partition coefficient (Wildman–Crippen LogP) is 3.33. The van der Waals surface area contributed by atoms with Crippen molar-refractivity contribution in [3.63, 3.8) is 0 Å². The summed E-state index contributed by atoms with van der Waals surface area (Å²) in [4.78, 5) is 21.7. The topological polar surface area (TPSA) is 155 Å². The number of benzene rings is 1. The lowest BCUT2D eigenvalue weighted by Gasteiger charge is -2.38. The van der Waals surface area contributed by atoms with Gasteiger partial charge in [0.25, 0.3) is 14.4 Å². The summed E-state index contributed by atoms with van der Waals surface area (Å²) in [5.41, 5.74) is 1.02. The van der Waals surface area contributed by atoms with Gasteiger partial charge in [-0.05, 0) is 39.8 Å². The van der Waals surface area contributed by atoms with Gasteiger partial charge in [-0.25, -0.2) is 14.6 Å². The average Bonchev–Trinajstić information content (AvgIpc) is 3.54. The minimum absolute atomic E-state index is 0.0991. The summed E-state index contributed by atoms with van der Waals surface area (Å²) in [5.74, 6) is 0.293. The van der Waals surface area contributed by atoms with Gasteiger partial charge in [-0.3, -0.25) is 9.36 Å². The lowest BCUT2D eigenvalue weighted by atomic mass is 10.1. The number of nitriles is 1. The molecule has 1 amide bonds. The second-order valence-corrected chi connectivity index (χ2v) is 11.5. The zero-order valence-electron chi connectivity index (χ0n) is 23.9. The van der Waals surface area contributed by atoms with Crippen molar-refractivity contribution < 1.29 is 28.4 Å². The molecule has 2 aliphatic heterocycles. The Kier molecular flexibility index (Phi) is 10.8. The van der Waals surface area contributed by atoms with E-state index in [1.807, 2.05) is 6.07 Å². The molecule has 0 spiro atoms. The molecule has 14 heteroatoms. The number of aliphatic hydroxyl groups excluding tert-OH is 1. The van der Waals surface area contributed by atoms with Crippen LogP contribution < -0.4 is 10.6 Å². The monoisotopic (exact) mass is 587 g/mol. The smallest absolute Gasteiger partial charge is 0.259 e. The van der Waals surface area contributed by atoms with Crippen molar-refractivity contribution in [2.45, 2.75) is 76.9 Å². The number of nitrogens with zero attached hydrogens (tertiary/aromatic N) is 5. The highest BCUT2D eigenvalue weighted by Gasteiger charge is 2.50. The van der Waals surface area contributed by atoms with E-state index in [1.165, 1.54) is 6.34 Å². The van der Waals surface area contributed by atoms with Gasteiger partial charge in [0.2, 0.25) is 0 Å². The van der Waals surface area contributed by atoms with Gasteiger partial charge in [0.1, 0.15) is 29.8 Å². The second kappa shape index (κ2) is 14.3. The Morgan fingerprint density at radius 2 is 2.00 bits per heavy atom. The molecule has 2 aromatic rings. The third-order valence-corrected chi connectivity index (χ3v) is 8.82. The van der Waals surface area contributed by atoms with E-state index in [9.17, 15) is 9.90 Å². The van der Waals surface area contributed by atoms with Crippen LogP contribution in [-0.2, 0) is 18.5 Å². The van der Waals surface area contributed by atoms with Crippen LogP contribution in [-0.4, -0.2) is 82.3 Å². The number of fused-ring (bicyclic) bond motifs is 1. The number of ether oxygens (including phenoxy) is 2.